The standard InChI is InChI=1S/C28H36ClF2N5O4/c1-15-25(24(16(2)32)17(3)37)34-26(21-7-19(5-6-22(21)29)39-11-18(38)10-33-4)35-27(15)36-13-28(14-36)8-20(9-28)40-12-23(30)31/h5-7,18,20,23,33,38H,8-14,32H2,1-4H3/t18-/m1/s1. The van der Waals surface area contributed by atoms with Gasteiger partial charge in [-0.3, -0.25) is 4.79 Å². The molecule has 2 aromatic rings. The van der Waals surface area contributed by atoms with Crippen LogP contribution >= 0.6 is 11.6 Å². The summed E-state index contributed by atoms with van der Waals surface area (Å²) in [6.07, 6.45) is -1.90. The van der Waals surface area contributed by atoms with Gasteiger partial charge < -0.3 is 30.5 Å². The predicted molar refractivity (Wildman–Crippen MR) is 150 cm³/mol. The van der Waals surface area contributed by atoms with Crippen molar-refractivity contribution in [3.05, 3.63) is 40.2 Å². The first-order chi connectivity index (χ1) is 18.9. The molecule has 4 N–H and O–H groups in total. The molecule has 1 atom stereocenters. The van der Waals surface area contributed by atoms with Crippen molar-refractivity contribution in [2.24, 2.45) is 11.1 Å². The molecule has 9 nitrogen and oxygen atoms in total. The van der Waals surface area contributed by atoms with E-state index >= 15 is 0 Å². The molecule has 2 fully saturated rings. The van der Waals surface area contributed by atoms with Gasteiger partial charge in [0.1, 0.15) is 30.9 Å². The van der Waals surface area contributed by atoms with Crippen LogP contribution < -0.4 is 20.7 Å². The maximum absolute atomic E-state index is 12.6. The minimum Gasteiger partial charge on any atom is -0.491 e. The summed E-state index contributed by atoms with van der Waals surface area (Å²) >= 11 is 6.59. The molecular formula is C28H36ClF2N5O4. The van der Waals surface area contributed by atoms with Gasteiger partial charge in [-0.1, -0.05) is 11.6 Å². The number of nitrogens with two attached hydrogens (primary N) is 1. The van der Waals surface area contributed by atoms with Crippen LogP contribution in [-0.2, 0) is 9.53 Å². The van der Waals surface area contributed by atoms with Crippen LogP contribution in [0.3, 0.4) is 0 Å². The molecule has 0 unspecified atom stereocenters. The number of rotatable bonds is 12. The topological polar surface area (TPSA) is 123 Å². The van der Waals surface area contributed by atoms with Crippen LogP contribution in [0.2, 0.25) is 5.02 Å². The normalized spacial score (nSPS) is 17.9. The molecule has 1 aromatic heterocycles. The number of nitrogens with one attached hydrogen (secondary N) is 1. The Balaban J connectivity index is 1.66. The highest BCUT2D eigenvalue weighted by molar-refractivity contribution is 6.33. The number of alkyl halides is 2. The number of ether oxygens (including phenoxy) is 2. The van der Waals surface area contributed by atoms with Crippen LogP contribution in [0, 0.1) is 12.3 Å². The minimum atomic E-state index is -2.47. The number of aliphatic hydroxyl groups excluding tert-OH is 1. The molecule has 40 heavy (non-hydrogen) atoms. The molecule has 1 aromatic carbocycles. The summed E-state index contributed by atoms with van der Waals surface area (Å²) in [5.41, 5.74) is 8.40. The number of Topliss-reactive ketones (excluding diaryl/α,β-unsaturated/α-hetero) is 1. The molecule has 2 aliphatic rings. The monoisotopic (exact) mass is 579 g/mol. The molecule has 1 spiro atoms. The van der Waals surface area contributed by atoms with Crippen molar-refractivity contribution in [1.29, 1.82) is 0 Å². The third-order valence-electron chi connectivity index (χ3n) is 7.30. The summed E-state index contributed by atoms with van der Waals surface area (Å²) in [7, 11) is 1.74. The number of allylic oxidation sites excluding steroid dienone is 2. The van der Waals surface area contributed by atoms with Gasteiger partial charge in [0.15, 0.2) is 11.6 Å². The first-order valence-corrected chi connectivity index (χ1v) is 13.6. The first kappa shape index (κ1) is 30.1. The summed E-state index contributed by atoms with van der Waals surface area (Å²) < 4.78 is 36.1. The molecule has 0 radical (unpaired) electrons. The number of aromatic nitrogens is 2. The minimum absolute atomic E-state index is 0.00683. The van der Waals surface area contributed by atoms with Gasteiger partial charge in [0.05, 0.1) is 22.4 Å². The lowest BCUT2D eigenvalue weighted by molar-refractivity contribution is -0.117. The smallest absolute Gasteiger partial charge is 0.261 e. The molecule has 2 heterocycles. The summed E-state index contributed by atoms with van der Waals surface area (Å²) in [5, 5.41) is 13.3. The van der Waals surface area contributed by atoms with E-state index in [2.05, 4.69) is 10.2 Å². The van der Waals surface area contributed by atoms with Crippen molar-refractivity contribution < 1.29 is 28.2 Å². The SMILES string of the molecule is CNC[C@@H](O)COc1ccc(Cl)c(-c2nc(C(C(C)=O)=C(C)N)c(C)c(N3CC4(CC(OCC(F)F)C4)C3)n2)c1. The van der Waals surface area contributed by atoms with E-state index in [-0.39, 0.29) is 23.9 Å². The Kier molecular flexibility index (Phi) is 9.29. The molecule has 0 amide bonds. The Morgan fingerprint density at radius 2 is 1.98 bits per heavy atom. The Morgan fingerprint density at radius 3 is 2.58 bits per heavy atom. The van der Waals surface area contributed by atoms with Gasteiger partial charge in [-0.05, 0) is 58.9 Å². The molecule has 4 rings (SSSR count). The van der Waals surface area contributed by atoms with Crippen molar-refractivity contribution in [1.82, 2.24) is 15.3 Å². The highest BCUT2D eigenvalue weighted by Gasteiger charge is 2.53. The van der Waals surface area contributed by atoms with Gasteiger partial charge >= 0.3 is 0 Å². The number of aliphatic hydroxyl groups is 1. The first-order valence-electron chi connectivity index (χ1n) is 13.2. The van der Waals surface area contributed by atoms with Crippen molar-refractivity contribution in [2.75, 3.05) is 44.8 Å². The zero-order valence-electron chi connectivity index (χ0n) is 23.1. The molecule has 1 aliphatic carbocycles. The zero-order chi connectivity index (χ0) is 29.2. The highest BCUT2D eigenvalue weighted by atomic mass is 35.5. The van der Waals surface area contributed by atoms with Crippen LogP contribution in [0.25, 0.3) is 17.0 Å². The Bertz CT molecular complexity index is 1270. The van der Waals surface area contributed by atoms with Crippen LogP contribution in [0.15, 0.2) is 23.9 Å². The summed E-state index contributed by atoms with van der Waals surface area (Å²) in [6, 6.07) is 5.07. The fraction of sp³-hybridized carbons (Fsp3) is 0.536. The lowest BCUT2D eigenvalue weighted by Gasteiger charge is -2.59. The highest BCUT2D eigenvalue weighted by Crippen LogP contribution is 2.51. The van der Waals surface area contributed by atoms with E-state index in [1.165, 1.54) is 6.92 Å². The van der Waals surface area contributed by atoms with E-state index < -0.39 is 19.1 Å². The number of anilines is 1. The van der Waals surface area contributed by atoms with Crippen molar-refractivity contribution in [2.45, 2.75) is 52.2 Å². The van der Waals surface area contributed by atoms with Crippen molar-refractivity contribution in [3.8, 4) is 17.1 Å². The van der Waals surface area contributed by atoms with E-state index in [9.17, 15) is 18.7 Å². The second-order valence-corrected chi connectivity index (χ2v) is 11.1. The van der Waals surface area contributed by atoms with E-state index in [0.717, 1.165) is 0 Å². The third-order valence-corrected chi connectivity index (χ3v) is 7.63. The summed E-state index contributed by atoms with van der Waals surface area (Å²) in [6.45, 7) is 6.22. The summed E-state index contributed by atoms with van der Waals surface area (Å²) in [5.74, 6) is 1.20. The second kappa shape index (κ2) is 12.3. The molecule has 1 saturated carbocycles. The number of halogens is 3. The summed E-state index contributed by atoms with van der Waals surface area (Å²) in [4.78, 5) is 24.3. The van der Waals surface area contributed by atoms with Gasteiger partial charge in [0.2, 0.25) is 0 Å². The van der Waals surface area contributed by atoms with Gasteiger partial charge in [-0.25, -0.2) is 18.7 Å². The van der Waals surface area contributed by atoms with E-state index in [1.807, 2.05) is 6.92 Å². The Morgan fingerprint density at radius 1 is 1.27 bits per heavy atom. The number of hydrogen-bond donors (Lipinski definition) is 3. The second-order valence-electron chi connectivity index (χ2n) is 10.7. The van der Waals surface area contributed by atoms with Gasteiger partial charge in [-0.2, -0.15) is 0 Å². The fourth-order valence-corrected chi connectivity index (χ4v) is 5.67. The number of carbonyl (C=O) groups is 1. The predicted octanol–water partition coefficient (Wildman–Crippen LogP) is 3.59. The van der Waals surface area contributed by atoms with Crippen molar-refractivity contribution >= 4 is 28.8 Å². The lowest BCUT2D eigenvalue weighted by atomic mass is 9.61. The van der Waals surface area contributed by atoms with Gasteiger partial charge in [0.25, 0.3) is 6.43 Å². The quantitative estimate of drug-likeness (QED) is 0.324. The fourth-order valence-electron chi connectivity index (χ4n) is 5.46. The Labute approximate surface area is 237 Å². The number of carbonyl (C=O) groups excluding carboxylic acids is 1. The van der Waals surface area contributed by atoms with Crippen LogP contribution in [0.5, 0.6) is 5.75 Å². The lowest BCUT2D eigenvalue weighted by Crippen LogP contribution is -2.64. The van der Waals surface area contributed by atoms with E-state index in [0.29, 0.717) is 83.0 Å². The number of ketones is 1. The number of benzene rings is 1. The van der Waals surface area contributed by atoms with Gasteiger partial charge in [-0.15, -0.1) is 0 Å². The zero-order valence-corrected chi connectivity index (χ0v) is 23.9. The Hall–Kier alpha value is -2.86. The molecular weight excluding hydrogens is 544 g/mol. The molecule has 1 saturated heterocycles. The largest absolute Gasteiger partial charge is 0.491 e. The number of hydrogen-bond acceptors (Lipinski definition) is 9. The van der Waals surface area contributed by atoms with Crippen LogP contribution in [-0.4, -0.2) is 79.4 Å². The maximum Gasteiger partial charge on any atom is 0.261 e. The maximum atomic E-state index is 12.6. The van der Waals surface area contributed by atoms with E-state index in [4.69, 9.17) is 36.8 Å². The van der Waals surface area contributed by atoms with Crippen LogP contribution in [0.1, 0.15) is 37.9 Å². The average molecular weight is 580 g/mol. The number of likely N-dealkylation sites (N-methyl/N-ethyl adjacent to an activating group) is 1. The average Bonchev–Trinajstić information content (AvgIpc) is 2.83. The molecule has 218 valence electrons. The molecule has 12 heteroatoms. The van der Waals surface area contributed by atoms with E-state index in [1.54, 1.807) is 32.2 Å². The molecule has 0 bridgehead atoms. The van der Waals surface area contributed by atoms with Gasteiger partial charge in [0, 0.05) is 41.9 Å². The third kappa shape index (κ3) is 6.54. The van der Waals surface area contributed by atoms with Crippen molar-refractivity contribution in [3.63, 3.8) is 0 Å². The van der Waals surface area contributed by atoms with Crippen LogP contribution in [0.4, 0.5) is 14.6 Å². The molecule has 1 aliphatic heterocycles. The number of nitrogens with zero attached hydrogens (tertiary/aromatic N) is 3.